The first-order chi connectivity index (χ1) is 9.92. The highest BCUT2D eigenvalue weighted by atomic mass is 32.2. The molecule has 1 amide bonds. The Bertz CT molecular complexity index is 589. The molecule has 0 saturated carbocycles. The highest BCUT2D eigenvalue weighted by molar-refractivity contribution is 7.89. The molecule has 1 aliphatic rings. The molecule has 7 nitrogen and oxygen atoms in total. The van der Waals surface area contributed by atoms with E-state index in [0.717, 1.165) is 19.3 Å². The van der Waals surface area contributed by atoms with E-state index in [-0.39, 0.29) is 23.1 Å². The molecule has 21 heavy (non-hydrogen) atoms. The number of aromatic nitrogens is 1. The molecule has 1 saturated heterocycles. The molecule has 0 aliphatic carbocycles. The van der Waals surface area contributed by atoms with E-state index in [1.165, 1.54) is 0 Å². The summed E-state index contributed by atoms with van der Waals surface area (Å²) in [6, 6.07) is 0. The Hall–Kier alpha value is -1.41. The van der Waals surface area contributed by atoms with Gasteiger partial charge in [-0.05, 0) is 26.7 Å². The molecule has 2 heterocycles. The standard InChI is InChI=1S/C13H21N3O4S/c1-10-13(11(2)20-15-10)21(18,19)14-7-9-16-8-5-3-4-6-12(16)17/h14H,3-9H2,1-2H3. The van der Waals surface area contributed by atoms with Crippen LogP contribution in [-0.4, -0.2) is 44.0 Å². The van der Waals surface area contributed by atoms with Gasteiger partial charge in [0.2, 0.25) is 15.9 Å². The fraction of sp³-hybridized carbons (Fsp3) is 0.692. The molecule has 0 unspecified atom stereocenters. The lowest BCUT2D eigenvalue weighted by molar-refractivity contribution is -0.130. The summed E-state index contributed by atoms with van der Waals surface area (Å²) in [5, 5.41) is 3.65. The molecule has 1 N–H and O–H groups in total. The Morgan fingerprint density at radius 3 is 2.71 bits per heavy atom. The van der Waals surface area contributed by atoms with Crippen molar-refractivity contribution < 1.29 is 17.7 Å². The van der Waals surface area contributed by atoms with Gasteiger partial charge in [0.15, 0.2) is 5.76 Å². The Labute approximate surface area is 124 Å². The van der Waals surface area contributed by atoms with Crippen molar-refractivity contribution in [2.45, 2.75) is 44.4 Å². The third-order valence-electron chi connectivity index (χ3n) is 3.58. The number of carbonyl (C=O) groups excluding carboxylic acids is 1. The van der Waals surface area contributed by atoms with Crippen molar-refractivity contribution in [3.8, 4) is 0 Å². The van der Waals surface area contributed by atoms with Crippen LogP contribution in [0.25, 0.3) is 0 Å². The smallest absolute Gasteiger partial charge is 0.246 e. The largest absolute Gasteiger partial charge is 0.360 e. The van der Waals surface area contributed by atoms with E-state index in [4.69, 9.17) is 4.52 Å². The second-order valence-electron chi connectivity index (χ2n) is 5.24. The van der Waals surface area contributed by atoms with Crippen molar-refractivity contribution in [1.29, 1.82) is 0 Å². The number of hydrogen-bond acceptors (Lipinski definition) is 5. The maximum Gasteiger partial charge on any atom is 0.246 e. The molecule has 1 aromatic heterocycles. The summed E-state index contributed by atoms with van der Waals surface area (Å²) in [6.07, 6.45) is 3.49. The second-order valence-corrected chi connectivity index (χ2v) is 6.95. The Balaban J connectivity index is 1.95. The van der Waals surface area contributed by atoms with Gasteiger partial charge < -0.3 is 9.42 Å². The Morgan fingerprint density at radius 2 is 2.05 bits per heavy atom. The van der Waals surface area contributed by atoms with Gasteiger partial charge in [0.05, 0.1) is 0 Å². The fourth-order valence-electron chi connectivity index (χ4n) is 2.52. The number of carbonyl (C=O) groups is 1. The zero-order chi connectivity index (χ0) is 15.5. The summed E-state index contributed by atoms with van der Waals surface area (Å²) < 4.78 is 31.8. The third kappa shape index (κ3) is 3.82. The lowest BCUT2D eigenvalue weighted by atomic mass is 10.2. The summed E-state index contributed by atoms with van der Waals surface area (Å²) in [5.74, 6) is 0.370. The Morgan fingerprint density at radius 1 is 1.29 bits per heavy atom. The number of sulfonamides is 1. The molecule has 0 aromatic carbocycles. The van der Waals surface area contributed by atoms with Gasteiger partial charge in [-0.2, -0.15) is 0 Å². The van der Waals surface area contributed by atoms with E-state index >= 15 is 0 Å². The quantitative estimate of drug-likeness (QED) is 0.874. The minimum absolute atomic E-state index is 0.0877. The van der Waals surface area contributed by atoms with Crippen LogP contribution in [0.2, 0.25) is 0 Å². The number of rotatable bonds is 5. The molecular weight excluding hydrogens is 294 g/mol. The molecule has 1 aliphatic heterocycles. The van der Waals surface area contributed by atoms with Gasteiger partial charge in [0.25, 0.3) is 0 Å². The average Bonchev–Trinajstić information content (AvgIpc) is 2.62. The lowest BCUT2D eigenvalue weighted by Gasteiger charge is -2.20. The van der Waals surface area contributed by atoms with Gasteiger partial charge in [0.1, 0.15) is 10.6 Å². The first-order valence-electron chi connectivity index (χ1n) is 7.12. The van der Waals surface area contributed by atoms with Crippen LogP contribution in [0.4, 0.5) is 0 Å². The van der Waals surface area contributed by atoms with Crippen LogP contribution in [0, 0.1) is 13.8 Å². The summed E-state index contributed by atoms with van der Waals surface area (Å²) in [4.78, 5) is 13.6. The van der Waals surface area contributed by atoms with Gasteiger partial charge in [0, 0.05) is 26.1 Å². The molecule has 0 bridgehead atoms. The number of aryl methyl sites for hydroxylation is 2. The van der Waals surface area contributed by atoms with Crippen molar-refractivity contribution >= 4 is 15.9 Å². The average molecular weight is 315 g/mol. The van der Waals surface area contributed by atoms with E-state index in [2.05, 4.69) is 9.88 Å². The van der Waals surface area contributed by atoms with E-state index in [1.807, 2.05) is 0 Å². The molecule has 118 valence electrons. The molecular formula is C13H21N3O4S. The minimum Gasteiger partial charge on any atom is -0.360 e. The lowest BCUT2D eigenvalue weighted by Crippen LogP contribution is -2.38. The zero-order valence-corrected chi connectivity index (χ0v) is 13.2. The number of amides is 1. The minimum atomic E-state index is -3.65. The molecule has 8 heteroatoms. The van der Waals surface area contributed by atoms with Gasteiger partial charge in [-0.25, -0.2) is 13.1 Å². The van der Waals surface area contributed by atoms with Crippen molar-refractivity contribution in [1.82, 2.24) is 14.8 Å². The summed E-state index contributed by atoms with van der Waals surface area (Å²) in [5.41, 5.74) is 0.339. The van der Waals surface area contributed by atoms with Gasteiger partial charge in [-0.1, -0.05) is 11.6 Å². The van der Waals surface area contributed by atoms with Crippen LogP contribution in [0.3, 0.4) is 0 Å². The monoisotopic (exact) mass is 315 g/mol. The van der Waals surface area contributed by atoms with E-state index in [9.17, 15) is 13.2 Å². The number of likely N-dealkylation sites (tertiary alicyclic amines) is 1. The maximum atomic E-state index is 12.2. The Kier molecular flexibility index (Phi) is 5.00. The second kappa shape index (κ2) is 6.57. The van der Waals surface area contributed by atoms with Crippen LogP contribution in [0.15, 0.2) is 9.42 Å². The molecule has 0 spiro atoms. The van der Waals surface area contributed by atoms with Crippen LogP contribution in [0.1, 0.15) is 37.1 Å². The predicted molar refractivity (Wildman–Crippen MR) is 76.2 cm³/mol. The number of hydrogen-bond donors (Lipinski definition) is 1. The van der Waals surface area contributed by atoms with Crippen LogP contribution in [0.5, 0.6) is 0 Å². The van der Waals surface area contributed by atoms with Crippen molar-refractivity contribution in [2.75, 3.05) is 19.6 Å². The van der Waals surface area contributed by atoms with Crippen LogP contribution >= 0.6 is 0 Å². The summed E-state index contributed by atoms with van der Waals surface area (Å²) in [7, 11) is -3.65. The van der Waals surface area contributed by atoms with Crippen molar-refractivity contribution in [2.24, 2.45) is 0 Å². The van der Waals surface area contributed by atoms with Crippen LogP contribution in [-0.2, 0) is 14.8 Å². The molecule has 2 rings (SSSR count). The first kappa shape index (κ1) is 16.0. The molecule has 0 radical (unpaired) electrons. The first-order valence-corrected chi connectivity index (χ1v) is 8.60. The van der Waals surface area contributed by atoms with E-state index in [1.54, 1.807) is 18.7 Å². The molecule has 0 atom stereocenters. The van der Waals surface area contributed by atoms with Crippen LogP contribution < -0.4 is 4.72 Å². The molecule has 1 aromatic rings. The third-order valence-corrected chi connectivity index (χ3v) is 5.29. The van der Waals surface area contributed by atoms with E-state index in [0.29, 0.717) is 25.2 Å². The summed E-state index contributed by atoms with van der Waals surface area (Å²) >= 11 is 0. The van der Waals surface area contributed by atoms with Crippen molar-refractivity contribution in [3.05, 3.63) is 11.5 Å². The normalized spacial score (nSPS) is 17.0. The maximum absolute atomic E-state index is 12.2. The van der Waals surface area contributed by atoms with E-state index < -0.39 is 10.0 Å². The SMILES string of the molecule is Cc1noc(C)c1S(=O)(=O)NCCN1CCCCCC1=O. The topological polar surface area (TPSA) is 92.5 Å². The van der Waals surface area contributed by atoms with Gasteiger partial charge in [-0.15, -0.1) is 0 Å². The number of nitrogens with zero attached hydrogens (tertiary/aromatic N) is 2. The van der Waals surface area contributed by atoms with Gasteiger partial charge >= 0.3 is 0 Å². The highest BCUT2D eigenvalue weighted by Crippen LogP contribution is 2.18. The summed E-state index contributed by atoms with van der Waals surface area (Å²) in [6.45, 7) is 4.43. The fourth-order valence-corrected chi connectivity index (χ4v) is 3.87. The predicted octanol–water partition coefficient (Wildman–Crippen LogP) is 0.972. The number of nitrogens with one attached hydrogen (secondary N) is 1. The zero-order valence-electron chi connectivity index (χ0n) is 12.4. The van der Waals surface area contributed by atoms with Crippen molar-refractivity contribution in [3.63, 3.8) is 0 Å². The van der Waals surface area contributed by atoms with Gasteiger partial charge in [-0.3, -0.25) is 4.79 Å². The molecule has 1 fully saturated rings. The highest BCUT2D eigenvalue weighted by Gasteiger charge is 2.24.